The van der Waals surface area contributed by atoms with Crippen molar-refractivity contribution in [1.29, 1.82) is 0 Å². The zero-order valence-corrected chi connectivity index (χ0v) is 18.3. The van der Waals surface area contributed by atoms with E-state index in [0.29, 0.717) is 23.0 Å². The summed E-state index contributed by atoms with van der Waals surface area (Å²) in [5.74, 6) is 2.65. The van der Waals surface area contributed by atoms with Gasteiger partial charge >= 0.3 is 0 Å². The Morgan fingerprint density at radius 3 is 2.37 bits per heavy atom. The first-order valence-corrected chi connectivity index (χ1v) is 11.6. The third-order valence-electron chi connectivity index (χ3n) is 5.75. The van der Waals surface area contributed by atoms with Gasteiger partial charge < -0.3 is 20.3 Å². The van der Waals surface area contributed by atoms with E-state index in [1.807, 2.05) is 36.4 Å². The van der Waals surface area contributed by atoms with Gasteiger partial charge in [-0.05, 0) is 50.0 Å². The van der Waals surface area contributed by atoms with Gasteiger partial charge in [0.2, 0.25) is 11.8 Å². The lowest BCUT2D eigenvalue weighted by Crippen LogP contribution is -2.39. The summed E-state index contributed by atoms with van der Waals surface area (Å²) in [6.45, 7) is 2.01. The molecule has 1 aliphatic carbocycles. The number of benzene rings is 1. The summed E-state index contributed by atoms with van der Waals surface area (Å²) in [5, 5.41) is 7.22. The Morgan fingerprint density at radius 2 is 1.63 bits per heavy atom. The Kier molecular flexibility index (Phi) is 7.34. The van der Waals surface area contributed by atoms with Crippen LogP contribution in [0.4, 0.5) is 11.8 Å². The van der Waals surface area contributed by atoms with E-state index in [4.69, 9.17) is 21.9 Å². The molecule has 0 atom stereocenters. The van der Waals surface area contributed by atoms with Crippen LogP contribution >= 0.6 is 12.2 Å². The van der Waals surface area contributed by atoms with Crippen LogP contribution in [0.25, 0.3) is 0 Å². The van der Waals surface area contributed by atoms with Crippen LogP contribution < -0.4 is 20.3 Å². The van der Waals surface area contributed by atoms with Crippen molar-refractivity contribution < 1.29 is 4.74 Å². The summed E-state index contributed by atoms with van der Waals surface area (Å²) in [4.78, 5) is 11.7. The van der Waals surface area contributed by atoms with Crippen LogP contribution in [0, 0.1) is 0 Å². The average Bonchev–Trinajstić information content (AvgIpc) is 3.05. The monoisotopic (exact) mass is 425 g/mol. The summed E-state index contributed by atoms with van der Waals surface area (Å²) in [7, 11) is 0. The molecule has 0 spiro atoms. The first kappa shape index (κ1) is 20.8. The van der Waals surface area contributed by atoms with Crippen molar-refractivity contribution in [3.8, 4) is 11.6 Å². The van der Waals surface area contributed by atoms with Crippen molar-refractivity contribution >= 4 is 29.1 Å². The first-order valence-electron chi connectivity index (χ1n) is 11.2. The molecule has 1 saturated heterocycles. The number of hydrogen-bond acceptors (Lipinski definition) is 5. The molecule has 2 aromatic rings. The van der Waals surface area contributed by atoms with Crippen molar-refractivity contribution in [3.05, 3.63) is 36.4 Å². The lowest BCUT2D eigenvalue weighted by molar-refractivity contribution is 0.414. The SMILES string of the molecule is S=C(Nc1nc(Oc2ccccc2)cc(N2CCCCCC2)n1)NC1CCCCC1. The van der Waals surface area contributed by atoms with E-state index in [9.17, 15) is 0 Å². The van der Waals surface area contributed by atoms with Gasteiger partial charge in [0.1, 0.15) is 11.6 Å². The fourth-order valence-corrected chi connectivity index (χ4v) is 4.42. The summed E-state index contributed by atoms with van der Waals surface area (Å²) in [6, 6.07) is 12.1. The third-order valence-corrected chi connectivity index (χ3v) is 5.97. The topological polar surface area (TPSA) is 62.3 Å². The lowest BCUT2D eigenvalue weighted by atomic mass is 9.96. The highest BCUT2D eigenvalue weighted by Gasteiger charge is 2.17. The van der Waals surface area contributed by atoms with Gasteiger partial charge in [0.15, 0.2) is 5.11 Å². The molecule has 2 aliphatic rings. The molecule has 2 N–H and O–H groups in total. The fourth-order valence-electron chi connectivity index (χ4n) is 4.16. The number of nitrogens with zero attached hydrogens (tertiary/aromatic N) is 3. The van der Waals surface area contributed by atoms with E-state index in [1.54, 1.807) is 0 Å². The molecule has 1 aromatic heterocycles. The zero-order valence-electron chi connectivity index (χ0n) is 17.5. The quantitative estimate of drug-likeness (QED) is 0.633. The molecule has 1 aromatic carbocycles. The lowest BCUT2D eigenvalue weighted by Gasteiger charge is -2.25. The minimum Gasteiger partial charge on any atom is -0.439 e. The smallest absolute Gasteiger partial charge is 0.234 e. The highest BCUT2D eigenvalue weighted by molar-refractivity contribution is 7.80. The van der Waals surface area contributed by atoms with Crippen LogP contribution in [0.1, 0.15) is 57.8 Å². The van der Waals surface area contributed by atoms with Gasteiger partial charge in [-0.25, -0.2) is 0 Å². The number of para-hydroxylation sites is 1. The van der Waals surface area contributed by atoms with Gasteiger partial charge in [0, 0.05) is 25.2 Å². The molecule has 0 bridgehead atoms. The molecule has 0 unspecified atom stereocenters. The summed E-state index contributed by atoms with van der Waals surface area (Å²) < 4.78 is 6.03. The number of aromatic nitrogens is 2. The van der Waals surface area contributed by atoms with Crippen LogP contribution in [-0.4, -0.2) is 34.2 Å². The van der Waals surface area contributed by atoms with Gasteiger partial charge in [-0.1, -0.05) is 50.3 Å². The molecule has 1 saturated carbocycles. The molecule has 1 aliphatic heterocycles. The largest absolute Gasteiger partial charge is 0.439 e. The molecule has 7 heteroatoms. The molecule has 30 heavy (non-hydrogen) atoms. The molecule has 2 heterocycles. The number of ether oxygens (including phenoxy) is 1. The Labute approximate surface area is 184 Å². The Hall–Kier alpha value is -2.41. The molecule has 0 radical (unpaired) electrons. The molecular weight excluding hydrogens is 394 g/mol. The van der Waals surface area contributed by atoms with Crippen LogP contribution in [0.3, 0.4) is 0 Å². The van der Waals surface area contributed by atoms with Crippen LogP contribution in [0.15, 0.2) is 36.4 Å². The summed E-state index contributed by atoms with van der Waals surface area (Å²) in [5.41, 5.74) is 0. The number of hydrogen-bond donors (Lipinski definition) is 2. The van der Waals surface area contributed by atoms with Gasteiger partial charge in [0.05, 0.1) is 0 Å². The Morgan fingerprint density at radius 1 is 0.933 bits per heavy atom. The maximum Gasteiger partial charge on any atom is 0.234 e. The standard InChI is InChI=1S/C23H31N5OS/c30-23(24-18-11-5-3-6-12-18)27-22-25-20(28-15-9-1-2-10-16-28)17-21(26-22)29-19-13-7-4-8-14-19/h4,7-8,13-14,17-18H,1-3,5-6,9-12,15-16H2,(H2,24,25,26,27,30). The predicted molar refractivity (Wildman–Crippen MR) is 125 cm³/mol. The van der Waals surface area contributed by atoms with Crippen LogP contribution in [0.2, 0.25) is 0 Å². The number of thiocarbonyl (C=S) groups is 1. The van der Waals surface area contributed by atoms with E-state index < -0.39 is 0 Å². The second kappa shape index (κ2) is 10.6. The maximum atomic E-state index is 6.03. The number of rotatable bonds is 5. The highest BCUT2D eigenvalue weighted by atomic mass is 32.1. The van der Waals surface area contributed by atoms with Gasteiger partial charge in [-0.2, -0.15) is 9.97 Å². The highest BCUT2D eigenvalue weighted by Crippen LogP contribution is 2.26. The van der Waals surface area contributed by atoms with Crippen molar-refractivity contribution in [2.24, 2.45) is 0 Å². The second-order valence-corrected chi connectivity index (χ2v) is 8.55. The second-order valence-electron chi connectivity index (χ2n) is 8.14. The van der Waals surface area contributed by atoms with E-state index in [0.717, 1.165) is 24.7 Å². The molecule has 0 amide bonds. The van der Waals surface area contributed by atoms with E-state index in [1.165, 1.54) is 57.8 Å². The Balaban J connectivity index is 1.52. The van der Waals surface area contributed by atoms with Crippen molar-refractivity contribution in [3.63, 3.8) is 0 Å². The number of anilines is 2. The Bertz CT molecular complexity index is 818. The van der Waals surface area contributed by atoms with E-state index in [-0.39, 0.29) is 0 Å². The molecule has 2 fully saturated rings. The summed E-state index contributed by atoms with van der Waals surface area (Å²) in [6.07, 6.45) is 11.1. The summed E-state index contributed by atoms with van der Waals surface area (Å²) >= 11 is 5.55. The minimum atomic E-state index is 0.438. The van der Waals surface area contributed by atoms with Gasteiger partial charge in [0.25, 0.3) is 0 Å². The fraction of sp³-hybridized carbons (Fsp3) is 0.522. The first-order chi connectivity index (χ1) is 14.8. The maximum absolute atomic E-state index is 6.03. The molecule has 160 valence electrons. The molecule has 4 rings (SSSR count). The van der Waals surface area contributed by atoms with Crippen molar-refractivity contribution in [1.82, 2.24) is 15.3 Å². The molecular formula is C23H31N5OS. The van der Waals surface area contributed by atoms with Crippen LogP contribution in [-0.2, 0) is 0 Å². The minimum absolute atomic E-state index is 0.438. The van der Waals surface area contributed by atoms with E-state index in [2.05, 4.69) is 20.5 Å². The average molecular weight is 426 g/mol. The molecule has 6 nitrogen and oxygen atoms in total. The third kappa shape index (κ3) is 6.05. The van der Waals surface area contributed by atoms with Gasteiger partial charge in [-0.15, -0.1) is 0 Å². The van der Waals surface area contributed by atoms with Crippen molar-refractivity contribution in [2.75, 3.05) is 23.3 Å². The van der Waals surface area contributed by atoms with Crippen molar-refractivity contribution in [2.45, 2.75) is 63.8 Å². The van der Waals surface area contributed by atoms with Gasteiger partial charge in [-0.3, -0.25) is 0 Å². The van der Waals surface area contributed by atoms with Crippen LogP contribution in [0.5, 0.6) is 11.6 Å². The number of nitrogens with one attached hydrogen (secondary N) is 2. The van der Waals surface area contributed by atoms with E-state index >= 15 is 0 Å². The normalized spacial score (nSPS) is 17.8. The predicted octanol–water partition coefficient (Wildman–Crippen LogP) is 5.27. The zero-order chi connectivity index (χ0) is 20.6.